The summed E-state index contributed by atoms with van der Waals surface area (Å²) in [5, 5.41) is 19.5. The van der Waals surface area contributed by atoms with E-state index in [1.54, 1.807) is 19.2 Å². The summed E-state index contributed by atoms with van der Waals surface area (Å²) >= 11 is 0. The maximum absolute atomic E-state index is 9.79. The van der Waals surface area contributed by atoms with Gasteiger partial charge >= 0.3 is 0 Å². The highest BCUT2D eigenvalue weighted by Crippen LogP contribution is 2.51. The first-order valence-corrected chi connectivity index (χ1v) is 8.48. The van der Waals surface area contributed by atoms with Crippen molar-refractivity contribution >= 4 is 0 Å². The molecule has 0 aromatic heterocycles. The van der Waals surface area contributed by atoms with Gasteiger partial charge in [-0.2, -0.15) is 0 Å². The van der Waals surface area contributed by atoms with Gasteiger partial charge in [-0.1, -0.05) is 12.1 Å². The van der Waals surface area contributed by atoms with Crippen molar-refractivity contribution in [1.82, 2.24) is 0 Å². The van der Waals surface area contributed by atoms with E-state index < -0.39 is 0 Å². The molecule has 2 N–H and O–H groups in total. The van der Waals surface area contributed by atoms with Gasteiger partial charge in [0, 0.05) is 11.8 Å². The van der Waals surface area contributed by atoms with E-state index in [0.29, 0.717) is 24.7 Å². The maximum Gasteiger partial charge on any atom is 0.160 e. The van der Waals surface area contributed by atoms with Gasteiger partial charge in [0.05, 0.1) is 32.5 Å². The number of hydrogen-bond donors (Lipinski definition) is 2. The van der Waals surface area contributed by atoms with Crippen molar-refractivity contribution in [3.05, 3.63) is 53.1 Å². The first-order valence-electron chi connectivity index (χ1n) is 8.48. The van der Waals surface area contributed by atoms with Gasteiger partial charge in [0.15, 0.2) is 11.5 Å². The molecular formula is C20H22O5. The topological polar surface area (TPSA) is 68.2 Å². The Kier molecular flexibility index (Phi) is 4.06. The fourth-order valence-corrected chi connectivity index (χ4v) is 3.96. The van der Waals surface area contributed by atoms with Crippen LogP contribution in [0, 0.1) is 18.8 Å². The third kappa shape index (κ3) is 2.73. The van der Waals surface area contributed by atoms with Crippen LogP contribution in [0.5, 0.6) is 17.2 Å². The number of methoxy groups -OCH3 is 1. The van der Waals surface area contributed by atoms with Crippen molar-refractivity contribution in [3.8, 4) is 17.2 Å². The molecule has 2 heterocycles. The molecule has 2 saturated heterocycles. The van der Waals surface area contributed by atoms with Gasteiger partial charge in [0.1, 0.15) is 5.75 Å². The molecule has 4 atom stereocenters. The smallest absolute Gasteiger partial charge is 0.160 e. The highest BCUT2D eigenvalue weighted by molar-refractivity contribution is 5.43. The first kappa shape index (κ1) is 16.2. The third-order valence-corrected chi connectivity index (χ3v) is 5.35. The lowest BCUT2D eigenvalue weighted by atomic mass is 9.84. The fourth-order valence-electron chi connectivity index (χ4n) is 3.96. The Morgan fingerprint density at radius 3 is 2.00 bits per heavy atom. The van der Waals surface area contributed by atoms with Crippen LogP contribution in [0.2, 0.25) is 0 Å². The highest BCUT2D eigenvalue weighted by Gasteiger charge is 2.48. The Labute approximate surface area is 146 Å². The molecule has 2 unspecified atom stereocenters. The zero-order chi connectivity index (χ0) is 17.6. The van der Waals surface area contributed by atoms with Crippen LogP contribution in [-0.2, 0) is 9.47 Å². The van der Waals surface area contributed by atoms with Gasteiger partial charge in [-0.3, -0.25) is 0 Å². The predicted octanol–water partition coefficient (Wildman–Crippen LogP) is 3.49. The molecule has 0 spiro atoms. The highest BCUT2D eigenvalue weighted by atomic mass is 16.5. The van der Waals surface area contributed by atoms with Crippen LogP contribution in [0.25, 0.3) is 0 Å². The molecule has 2 aliphatic rings. The number of aryl methyl sites for hydroxylation is 1. The van der Waals surface area contributed by atoms with E-state index in [1.165, 1.54) is 0 Å². The minimum atomic E-state index is -0.0669. The van der Waals surface area contributed by atoms with E-state index in [0.717, 1.165) is 16.7 Å². The van der Waals surface area contributed by atoms with Gasteiger partial charge < -0.3 is 24.4 Å². The number of benzene rings is 2. The van der Waals surface area contributed by atoms with Crippen LogP contribution < -0.4 is 4.74 Å². The van der Waals surface area contributed by atoms with E-state index in [9.17, 15) is 10.2 Å². The second-order valence-corrected chi connectivity index (χ2v) is 6.81. The Morgan fingerprint density at radius 2 is 1.44 bits per heavy atom. The number of ether oxygens (including phenoxy) is 3. The molecule has 5 nitrogen and oxygen atoms in total. The van der Waals surface area contributed by atoms with E-state index in [-0.39, 0.29) is 29.8 Å². The van der Waals surface area contributed by atoms with Crippen LogP contribution in [0.15, 0.2) is 36.4 Å². The lowest BCUT2D eigenvalue weighted by Crippen LogP contribution is -2.14. The summed E-state index contributed by atoms with van der Waals surface area (Å²) in [6, 6.07) is 11.0. The predicted molar refractivity (Wildman–Crippen MR) is 91.9 cm³/mol. The molecule has 2 fully saturated rings. The molecule has 5 heteroatoms. The van der Waals surface area contributed by atoms with Gasteiger partial charge in [-0.05, 0) is 47.9 Å². The lowest BCUT2D eigenvalue weighted by Gasteiger charge is -2.18. The number of hydrogen-bond acceptors (Lipinski definition) is 5. The minimum Gasteiger partial charge on any atom is -0.508 e. The molecule has 0 aliphatic carbocycles. The van der Waals surface area contributed by atoms with Gasteiger partial charge in [0.25, 0.3) is 0 Å². The maximum atomic E-state index is 9.79. The normalized spacial score (nSPS) is 28.1. The van der Waals surface area contributed by atoms with E-state index >= 15 is 0 Å². The summed E-state index contributed by atoms with van der Waals surface area (Å²) in [5.41, 5.74) is 2.92. The number of aromatic hydroxyl groups is 2. The van der Waals surface area contributed by atoms with Crippen molar-refractivity contribution < 1.29 is 24.4 Å². The van der Waals surface area contributed by atoms with Crippen LogP contribution in [0.4, 0.5) is 0 Å². The second kappa shape index (κ2) is 6.24. The average Bonchev–Trinajstić information content (AvgIpc) is 3.20. The monoisotopic (exact) mass is 342 g/mol. The second-order valence-electron chi connectivity index (χ2n) is 6.81. The van der Waals surface area contributed by atoms with Crippen molar-refractivity contribution in [2.75, 3.05) is 20.3 Å². The Morgan fingerprint density at radius 1 is 0.880 bits per heavy atom. The molecule has 0 saturated carbocycles. The zero-order valence-electron chi connectivity index (χ0n) is 14.3. The number of fused-ring (bicyclic) bond motifs is 1. The largest absolute Gasteiger partial charge is 0.508 e. The molecule has 0 radical (unpaired) electrons. The quantitative estimate of drug-likeness (QED) is 0.894. The molecule has 25 heavy (non-hydrogen) atoms. The molecule has 0 amide bonds. The van der Waals surface area contributed by atoms with E-state index in [1.807, 2.05) is 31.2 Å². The van der Waals surface area contributed by atoms with Crippen molar-refractivity contribution in [3.63, 3.8) is 0 Å². The van der Waals surface area contributed by atoms with Crippen LogP contribution in [0.1, 0.15) is 28.9 Å². The summed E-state index contributed by atoms with van der Waals surface area (Å²) in [7, 11) is 1.54. The van der Waals surface area contributed by atoms with Crippen molar-refractivity contribution in [2.45, 2.75) is 19.1 Å². The van der Waals surface area contributed by atoms with E-state index in [4.69, 9.17) is 14.2 Å². The molecule has 4 rings (SSSR count). The summed E-state index contributed by atoms with van der Waals surface area (Å²) < 4.78 is 17.4. The van der Waals surface area contributed by atoms with Crippen LogP contribution >= 0.6 is 0 Å². The Bertz CT molecular complexity index is 788. The zero-order valence-corrected chi connectivity index (χ0v) is 14.3. The number of phenols is 2. The van der Waals surface area contributed by atoms with Gasteiger partial charge in [0.2, 0.25) is 0 Å². The first-order chi connectivity index (χ1) is 12.1. The summed E-state index contributed by atoms with van der Waals surface area (Å²) in [6.07, 6.45) is -0.0870. The standard InChI is InChI=1S/C20H22O5/c1-11-7-12(3-5-16(11)21)19-14-9-25-20(15(14)10-24-19)13-4-6-17(22)18(8-13)23-2/h3-8,14-15,19-22H,9-10H2,1-2H3/t14?,15?,19-,20-/m1/s1. The number of rotatable bonds is 3. The molecule has 132 valence electrons. The fraction of sp³-hybridized carbons (Fsp3) is 0.400. The third-order valence-electron chi connectivity index (χ3n) is 5.35. The average molecular weight is 342 g/mol. The molecular weight excluding hydrogens is 320 g/mol. The summed E-state index contributed by atoms with van der Waals surface area (Å²) in [6.45, 7) is 3.15. The van der Waals surface area contributed by atoms with E-state index in [2.05, 4.69) is 0 Å². The lowest BCUT2D eigenvalue weighted by molar-refractivity contribution is 0.0192. The van der Waals surface area contributed by atoms with Gasteiger partial charge in [-0.15, -0.1) is 0 Å². The van der Waals surface area contributed by atoms with Crippen LogP contribution in [-0.4, -0.2) is 30.5 Å². The van der Waals surface area contributed by atoms with Crippen LogP contribution in [0.3, 0.4) is 0 Å². The summed E-state index contributed by atoms with van der Waals surface area (Å²) in [4.78, 5) is 0. The molecule has 0 bridgehead atoms. The summed E-state index contributed by atoms with van der Waals surface area (Å²) in [5.74, 6) is 1.41. The SMILES string of the molecule is COc1cc([C@H]2OCC3C2CO[C@@H]3c2ccc(O)c(C)c2)ccc1O. The van der Waals surface area contributed by atoms with Gasteiger partial charge in [-0.25, -0.2) is 0 Å². The molecule has 2 aromatic rings. The Balaban J connectivity index is 1.58. The van der Waals surface area contributed by atoms with Crippen molar-refractivity contribution in [1.29, 1.82) is 0 Å². The molecule has 2 aromatic carbocycles. The van der Waals surface area contributed by atoms with Crippen molar-refractivity contribution in [2.24, 2.45) is 11.8 Å². The minimum absolute atomic E-state index is 0.0201. The number of phenolic OH excluding ortho intramolecular Hbond substituents is 2. The Hall–Kier alpha value is -2.24. The molecule has 2 aliphatic heterocycles.